The van der Waals surface area contributed by atoms with Crippen LogP contribution in [0.2, 0.25) is 5.15 Å². The van der Waals surface area contributed by atoms with Crippen molar-refractivity contribution in [3.05, 3.63) is 46.2 Å². The molecule has 0 radical (unpaired) electrons. The van der Waals surface area contributed by atoms with Gasteiger partial charge in [0.05, 0.1) is 28.7 Å². The number of halogens is 5. The molecule has 0 saturated carbocycles. The highest BCUT2D eigenvalue weighted by molar-refractivity contribution is 6.32. The highest BCUT2D eigenvalue weighted by Crippen LogP contribution is 2.31. The lowest BCUT2D eigenvalue weighted by atomic mass is 10.2. The second-order valence-electron chi connectivity index (χ2n) is 4.52. The molecule has 4 N–H and O–H groups in total. The molecule has 0 atom stereocenters. The Kier molecular flexibility index (Phi) is 6.22. The van der Waals surface area contributed by atoms with Crippen molar-refractivity contribution in [3.8, 4) is 5.69 Å². The normalized spacial score (nSPS) is 11.4. The molecular formula is C13H12Cl2F3N6-. The molecular weight excluding hydrogens is 368 g/mol. The summed E-state index contributed by atoms with van der Waals surface area (Å²) in [5.41, 5.74) is 10.5. The fourth-order valence-corrected chi connectivity index (χ4v) is 2.12. The molecule has 2 aromatic rings. The van der Waals surface area contributed by atoms with Gasteiger partial charge in [-0.1, -0.05) is 17.7 Å². The zero-order valence-electron chi connectivity index (χ0n) is 12.2. The Hall–Kier alpha value is -2.26. The van der Waals surface area contributed by atoms with Crippen LogP contribution in [0.3, 0.4) is 0 Å². The van der Waals surface area contributed by atoms with Gasteiger partial charge in [-0.25, -0.2) is 4.68 Å². The Morgan fingerprint density at radius 2 is 2.00 bits per heavy atom. The molecule has 0 bridgehead atoms. The first-order valence-corrected chi connectivity index (χ1v) is 6.62. The zero-order valence-corrected chi connectivity index (χ0v) is 13.7. The van der Waals surface area contributed by atoms with Crippen molar-refractivity contribution < 1.29 is 25.6 Å². The van der Waals surface area contributed by atoms with Gasteiger partial charge in [0.1, 0.15) is 5.15 Å². The first-order valence-electron chi connectivity index (χ1n) is 6.25. The van der Waals surface area contributed by atoms with Crippen LogP contribution >= 0.6 is 11.6 Å². The number of benzene rings is 1. The molecule has 1 aromatic carbocycles. The van der Waals surface area contributed by atoms with Gasteiger partial charge in [-0.15, -0.1) is 5.10 Å². The van der Waals surface area contributed by atoms with Crippen LogP contribution in [0.4, 0.5) is 13.2 Å². The predicted octanol–water partition coefficient (Wildman–Crippen LogP) is -0.536. The Balaban J connectivity index is 0.00000288. The predicted molar refractivity (Wildman–Crippen MR) is 81.7 cm³/mol. The van der Waals surface area contributed by atoms with E-state index in [2.05, 4.69) is 15.3 Å². The third-order valence-corrected chi connectivity index (χ3v) is 3.19. The minimum Gasteiger partial charge on any atom is -1.00 e. The van der Waals surface area contributed by atoms with Crippen molar-refractivity contribution >= 4 is 23.8 Å². The molecule has 1 heterocycles. The van der Waals surface area contributed by atoms with Crippen LogP contribution in [0.5, 0.6) is 0 Å². The van der Waals surface area contributed by atoms with E-state index in [4.69, 9.17) is 23.1 Å². The van der Waals surface area contributed by atoms with E-state index in [1.165, 1.54) is 23.0 Å². The number of hydrogen-bond donors (Lipinski definition) is 2. The summed E-state index contributed by atoms with van der Waals surface area (Å²) in [6.45, 7) is 1.63. The van der Waals surface area contributed by atoms with Gasteiger partial charge in [-0.3, -0.25) is 0 Å². The Morgan fingerprint density at radius 1 is 1.33 bits per heavy atom. The molecule has 6 nitrogen and oxygen atoms in total. The van der Waals surface area contributed by atoms with Crippen LogP contribution in [0.15, 0.2) is 34.5 Å². The number of aromatic nitrogens is 2. The Labute approximate surface area is 146 Å². The fraction of sp³-hybridized carbons (Fsp3) is 0.154. The standard InChI is InChI=1S/C13H12ClF3N6.ClH/c1-7-10(6-20-21-12(18)19)11(14)23(22-7)9-4-2-3-8(5-9)13(15,16)17;/h2-6H,1H3,(H4,18,19,21);1H/p-1/b20-6+;. The molecule has 1 aromatic heterocycles. The molecule has 2 rings (SSSR count). The summed E-state index contributed by atoms with van der Waals surface area (Å²) in [5, 5.41) is 11.3. The SMILES string of the molecule is Cc1nn(-c2cccc(C(F)(F)F)c2)c(Cl)c1/C=N/N=C(N)N.[Cl-]. The van der Waals surface area contributed by atoms with Crippen LogP contribution in [0.25, 0.3) is 5.69 Å². The Morgan fingerprint density at radius 3 is 2.58 bits per heavy atom. The van der Waals surface area contributed by atoms with Gasteiger partial charge >= 0.3 is 6.18 Å². The van der Waals surface area contributed by atoms with Gasteiger partial charge in [-0.2, -0.15) is 23.4 Å². The van der Waals surface area contributed by atoms with E-state index >= 15 is 0 Å². The molecule has 0 fully saturated rings. The second-order valence-corrected chi connectivity index (χ2v) is 4.88. The van der Waals surface area contributed by atoms with E-state index in [0.29, 0.717) is 11.3 Å². The number of alkyl halides is 3. The average molecular weight is 380 g/mol. The lowest BCUT2D eigenvalue weighted by Gasteiger charge is -2.09. The van der Waals surface area contributed by atoms with E-state index in [-0.39, 0.29) is 29.2 Å². The number of guanidine groups is 1. The summed E-state index contributed by atoms with van der Waals surface area (Å²) in [6.07, 6.45) is -3.18. The van der Waals surface area contributed by atoms with E-state index in [9.17, 15) is 13.2 Å². The molecule has 130 valence electrons. The maximum Gasteiger partial charge on any atom is 0.416 e. The van der Waals surface area contributed by atoms with Gasteiger partial charge in [0.15, 0.2) is 0 Å². The molecule has 0 unspecified atom stereocenters. The molecule has 0 saturated heterocycles. The maximum atomic E-state index is 12.8. The van der Waals surface area contributed by atoms with E-state index in [1.54, 1.807) is 6.92 Å². The maximum absolute atomic E-state index is 12.8. The molecule has 24 heavy (non-hydrogen) atoms. The molecule has 0 spiro atoms. The molecule has 0 amide bonds. The van der Waals surface area contributed by atoms with Crippen LogP contribution in [0, 0.1) is 6.92 Å². The summed E-state index contributed by atoms with van der Waals surface area (Å²) < 4.78 is 39.5. The van der Waals surface area contributed by atoms with E-state index < -0.39 is 11.7 Å². The van der Waals surface area contributed by atoms with Crippen LogP contribution in [0.1, 0.15) is 16.8 Å². The van der Waals surface area contributed by atoms with Crippen molar-refractivity contribution in [2.45, 2.75) is 13.1 Å². The Bertz CT molecular complexity index is 778. The van der Waals surface area contributed by atoms with Gasteiger partial charge in [0.2, 0.25) is 5.96 Å². The van der Waals surface area contributed by atoms with Gasteiger partial charge in [-0.05, 0) is 25.1 Å². The van der Waals surface area contributed by atoms with Crippen molar-refractivity contribution in [3.63, 3.8) is 0 Å². The quantitative estimate of drug-likeness (QED) is 0.426. The average Bonchev–Trinajstić information content (AvgIpc) is 2.74. The van der Waals surface area contributed by atoms with E-state index in [0.717, 1.165) is 12.1 Å². The largest absolute Gasteiger partial charge is 1.00 e. The first kappa shape index (κ1) is 19.8. The smallest absolute Gasteiger partial charge is 0.416 e. The summed E-state index contributed by atoms with van der Waals surface area (Å²) >= 11 is 6.16. The van der Waals surface area contributed by atoms with Gasteiger partial charge < -0.3 is 23.9 Å². The number of nitrogens with zero attached hydrogens (tertiary/aromatic N) is 4. The fourth-order valence-electron chi connectivity index (χ4n) is 1.80. The van der Waals surface area contributed by atoms with Crippen LogP contribution in [-0.4, -0.2) is 22.0 Å². The summed E-state index contributed by atoms with van der Waals surface area (Å²) in [4.78, 5) is 0. The molecule has 0 aliphatic rings. The highest BCUT2D eigenvalue weighted by atomic mass is 35.5. The minimum atomic E-state index is -4.46. The molecule has 11 heteroatoms. The third kappa shape index (κ3) is 4.39. The van der Waals surface area contributed by atoms with Gasteiger partial charge in [0, 0.05) is 0 Å². The van der Waals surface area contributed by atoms with Crippen molar-refractivity contribution in [1.82, 2.24) is 9.78 Å². The van der Waals surface area contributed by atoms with Crippen molar-refractivity contribution in [1.29, 1.82) is 0 Å². The lowest BCUT2D eigenvalue weighted by Crippen LogP contribution is -3.00. The first-order chi connectivity index (χ1) is 10.7. The molecule has 0 aliphatic carbocycles. The second kappa shape index (κ2) is 7.54. The van der Waals surface area contributed by atoms with Crippen LogP contribution < -0.4 is 23.9 Å². The zero-order chi connectivity index (χ0) is 17.2. The van der Waals surface area contributed by atoms with Crippen LogP contribution in [-0.2, 0) is 6.18 Å². The van der Waals surface area contributed by atoms with Crippen molar-refractivity contribution in [2.75, 3.05) is 0 Å². The van der Waals surface area contributed by atoms with E-state index in [1.807, 2.05) is 0 Å². The summed E-state index contributed by atoms with van der Waals surface area (Å²) in [6, 6.07) is 4.66. The highest BCUT2D eigenvalue weighted by Gasteiger charge is 2.30. The third-order valence-electron chi connectivity index (χ3n) is 2.83. The summed E-state index contributed by atoms with van der Waals surface area (Å²) in [5.74, 6) is -0.236. The number of nitrogens with two attached hydrogens (primary N) is 2. The monoisotopic (exact) mass is 379 g/mol. The number of hydrogen-bond acceptors (Lipinski definition) is 3. The number of aryl methyl sites for hydroxylation is 1. The van der Waals surface area contributed by atoms with Crippen molar-refractivity contribution in [2.24, 2.45) is 21.7 Å². The topological polar surface area (TPSA) is 94.6 Å². The number of rotatable bonds is 3. The summed E-state index contributed by atoms with van der Waals surface area (Å²) in [7, 11) is 0. The minimum absolute atomic E-state index is 0. The van der Waals surface area contributed by atoms with Gasteiger partial charge in [0.25, 0.3) is 0 Å². The molecule has 0 aliphatic heterocycles. The lowest BCUT2D eigenvalue weighted by molar-refractivity contribution is -0.137.